The molecular formula is C39H50N2O4. The molecule has 0 aliphatic heterocycles. The number of unbranched alkanes of at least 4 members (excludes halogenated alkanes) is 10. The summed E-state index contributed by atoms with van der Waals surface area (Å²) >= 11 is 0. The Morgan fingerprint density at radius 1 is 0.533 bits per heavy atom. The van der Waals surface area contributed by atoms with Crippen LogP contribution in [-0.2, 0) is 0 Å². The van der Waals surface area contributed by atoms with Crippen molar-refractivity contribution in [2.24, 2.45) is 0 Å². The number of H-pyrrole nitrogens is 2. The number of benzene rings is 2. The third-order valence-electron chi connectivity index (χ3n) is 8.12. The smallest absolute Gasteiger partial charge is 0.186 e. The van der Waals surface area contributed by atoms with Crippen molar-refractivity contribution < 1.29 is 19.1 Å². The van der Waals surface area contributed by atoms with Gasteiger partial charge in [0.2, 0.25) is 0 Å². The van der Waals surface area contributed by atoms with E-state index < -0.39 is 0 Å². The molecule has 45 heavy (non-hydrogen) atoms. The van der Waals surface area contributed by atoms with Crippen LogP contribution < -0.4 is 9.47 Å². The molecule has 0 saturated heterocycles. The molecule has 0 fully saturated rings. The monoisotopic (exact) mass is 610 g/mol. The van der Waals surface area contributed by atoms with Gasteiger partial charge in [-0.25, -0.2) is 0 Å². The van der Waals surface area contributed by atoms with E-state index >= 15 is 0 Å². The summed E-state index contributed by atoms with van der Waals surface area (Å²) in [6.45, 7) is 5.86. The molecular weight excluding hydrogens is 560 g/mol. The molecule has 0 saturated carbocycles. The molecule has 6 heteroatoms. The van der Waals surface area contributed by atoms with E-state index in [9.17, 15) is 9.59 Å². The van der Waals surface area contributed by atoms with Gasteiger partial charge in [-0.3, -0.25) is 9.59 Å². The van der Waals surface area contributed by atoms with Gasteiger partial charge in [0.25, 0.3) is 0 Å². The topological polar surface area (TPSA) is 84.2 Å². The molecule has 4 aromatic rings. The molecule has 2 heterocycles. The Bertz CT molecular complexity index is 1360. The van der Waals surface area contributed by atoms with Crippen LogP contribution >= 0.6 is 0 Å². The van der Waals surface area contributed by atoms with Crippen molar-refractivity contribution in [2.45, 2.75) is 97.3 Å². The fourth-order valence-corrected chi connectivity index (χ4v) is 5.44. The van der Waals surface area contributed by atoms with Gasteiger partial charge in [-0.2, -0.15) is 0 Å². The Morgan fingerprint density at radius 3 is 1.40 bits per heavy atom. The van der Waals surface area contributed by atoms with Crippen LogP contribution in [0, 0.1) is 0 Å². The van der Waals surface area contributed by atoms with Gasteiger partial charge in [-0.1, -0.05) is 102 Å². The summed E-state index contributed by atoms with van der Waals surface area (Å²) in [5.41, 5.74) is 4.34. The number of ketones is 2. The molecule has 0 bridgehead atoms. The first-order chi connectivity index (χ1) is 22.1. The molecule has 0 spiro atoms. The van der Waals surface area contributed by atoms with Crippen molar-refractivity contribution in [3.63, 3.8) is 0 Å². The highest BCUT2D eigenvalue weighted by molar-refractivity contribution is 6.12. The second-order valence-corrected chi connectivity index (χ2v) is 11.9. The van der Waals surface area contributed by atoms with Crippen LogP contribution in [-0.4, -0.2) is 34.7 Å². The SMILES string of the molecule is CCCCCCCCOc1cccc(-c2ccc(C(=O)CC(=O)c3ccc(-c4cccc(OCCCCCCCC)c4)[nH]3)[nH]2)c1. The van der Waals surface area contributed by atoms with Crippen LogP contribution in [0.3, 0.4) is 0 Å². The van der Waals surface area contributed by atoms with Crippen molar-refractivity contribution in [3.05, 3.63) is 84.2 Å². The summed E-state index contributed by atoms with van der Waals surface area (Å²) in [6, 6.07) is 23.0. The van der Waals surface area contributed by atoms with Gasteiger partial charge in [0.1, 0.15) is 11.5 Å². The number of hydrogen-bond donors (Lipinski definition) is 2. The zero-order valence-electron chi connectivity index (χ0n) is 27.2. The summed E-state index contributed by atoms with van der Waals surface area (Å²) in [7, 11) is 0. The maximum absolute atomic E-state index is 13.0. The van der Waals surface area contributed by atoms with E-state index in [0.717, 1.165) is 46.9 Å². The number of nitrogens with one attached hydrogen (secondary N) is 2. The lowest BCUT2D eigenvalue weighted by molar-refractivity contribution is 0.0889. The fraction of sp³-hybridized carbons (Fsp3) is 0.436. The molecule has 0 aliphatic carbocycles. The van der Waals surface area contributed by atoms with E-state index in [1.807, 2.05) is 60.7 Å². The van der Waals surface area contributed by atoms with Gasteiger partial charge in [0.05, 0.1) is 31.0 Å². The molecule has 4 rings (SSSR count). The second-order valence-electron chi connectivity index (χ2n) is 11.9. The Balaban J connectivity index is 1.26. The minimum Gasteiger partial charge on any atom is -0.494 e. The molecule has 2 aromatic carbocycles. The zero-order valence-corrected chi connectivity index (χ0v) is 27.2. The normalized spacial score (nSPS) is 11.1. The van der Waals surface area contributed by atoms with Crippen molar-refractivity contribution in [1.82, 2.24) is 9.97 Å². The average molecular weight is 611 g/mol. The number of rotatable bonds is 22. The van der Waals surface area contributed by atoms with Gasteiger partial charge >= 0.3 is 0 Å². The first kappa shape index (κ1) is 33.8. The minimum atomic E-state index is -0.247. The van der Waals surface area contributed by atoms with E-state index in [-0.39, 0.29) is 18.0 Å². The minimum absolute atomic E-state index is 0.220. The van der Waals surface area contributed by atoms with Crippen molar-refractivity contribution >= 4 is 11.6 Å². The third kappa shape index (κ3) is 11.1. The van der Waals surface area contributed by atoms with Crippen LogP contribution in [0.15, 0.2) is 72.8 Å². The first-order valence-corrected chi connectivity index (χ1v) is 17.0. The Labute approximate surface area is 269 Å². The van der Waals surface area contributed by atoms with Gasteiger partial charge in [-0.05, 0) is 61.4 Å². The summed E-state index contributed by atoms with van der Waals surface area (Å²) in [4.78, 5) is 32.4. The highest BCUT2D eigenvalue weighted by Gasteiger charge is 2.17. The number of carbonyl (C=O) groups excluding carboxylic acids is 2. The van der Waals surface area contributed by atoms with E-state index in [0.29, 0.717) is 24.6 Å². The average Bonchev–Trinajstić information content (AvgIpc) is 3.76. The second kappa shape index (κ2) is 18.7. The summed E-state index contributed by atoms with van der Waals surface area (Å²) in [6.07, 6.45) is 14.5. The summed E-state index contributed by atoms with van der Waals surface area (Å²) in [5.74, 6) is 1.14. The number of ether oxygens (including phenoxy) is 2. The Hall–Kier alpha value is -4.06. The molecule has 0 atom stereocenters. The third-order valence-corrected chi connectivity index (χ3v) is 8.12. The number of aromatic amines is 2. The van der Waals surface area contributed by atoms with Crippen LogP contribution in [0.5, 0.6) is 11.5 Å². The van der Waals surface area contributed by atoms with Gasteiger partial charge in [0.15, 0.2) is 11.6 Å². The molecule has 0 radical (unpaired) electrons. The molecule has 0 amide bonds. The van der Waals surface area contributed by atoms with E-state index in [1.54, 1.807) is 12.1 Å². The van der Waals surface area contributed by atoms with Crippen LogP contribution in [0.2, 0.25) is 0 Å². The Kier molecular flexibility index (Phi) is 14.0. The van der Waals surface area contributed by atoms with E-state index in [4.69, 9.17) is 9.47 Å². The van der Waals surface area contributed by atoms with E-state index in [2.05, 4.69) is 23.8 Å². The highest BCUT2D eigenvalue weighted by Crippen LogP contribution is 2.26. The Morgan fingerprint density at radius 2 is 0.956 bits per heavy atom. The molecule has 6 nitrogen and oxygen atoms in total. The number of Topliss-reactive ketones (excluding diaryl/α,β-unsaturated/α-hetero) is 2. The largest absolute Gasteiger partial charge is 0.494 e. The van der Waals surface area contributed by atoms with Crippen molar-refractivity contribution in [2.75, 3.05) is 13.2 Å². The van der Waals surface area contributed by atoms with Crippen LogP contribution in [0.25, 0.3) is 22.5 Å². The predicted molar refractivity (Wildman–Crippen MR) is 183 cm³/mol. The van der Waals surface area contributed by atoms with E-state index in [1.165, 1.54) is 64.2 Å². The quantitative estimate of drug-likeness (QED) is 0.0527. The maximum Gasteiger partial charge on any atom is 0.186 e. The standard InChI is InChI=1S/C39H50N2O4/c1-3-5-7-9-11-13-25-44-32-19-15-17-30(27-32)34-21-23-36(40-34)38(42)29-39(43)37-24-22-35(41-37)31-18-16-20-33(28-31)45-26-14-12-10-8-6-4-2/h15-24,27-28,40-41H,3-14,25-26,29H2,1-2H3. The van der Waals surface area contributed by atoms with Gasteiger partial charge in [0, 0.05) is 22.5 Å². The first-order valence-electron chi connectivity index (χ1n) is 17.0. The zero-order chi connectivity index (χ0) is 31.7. The summed E-state index contributed by atoms with van der Waals surface area (Å²) < 4.78 is 11.9. The number of aromatic nitrogens is 2. The molecule has 240 valence electrons. The lowest BCUT2D eigenvalue weighted by Crippen LogP contribution is -2.09. The summed E-state index contributed by atoms with van der Waals surface area (Å²) in [5, 5.41) is 0. The van der Waals surface area contributed by atoms with Gasteiger partial charge in [-0.15, -0.1) is 0 Å². The van der Waals surface area contributed by atoms with Crippen LogP contribution in [0.1, 0.15) is 118 Å². The van der Waals surface area contributed by atoms with Crippen molar-refractivity contribution in [1.29, 1.82) is 0 Å². The molecule has 0 unspecified atom stereocenters. The molecule has 2 N–H and O–H groups in total. The predicted octanol–water partition coefficient (Wildman–Crippen LogP) is 10.6. The van der Waals surface area contributed by atoms with Crippen LogP contribution in [0.4, 0.5) is 0 Å². The lowest BCUT2D eigenvalue weighted by atomic mass is 10.1. The number of hydrogen-bond acceptors (Lipinski definition) is 4. The lowest BCUT2D eigenvalue weighted by Gasteiger charge is -2.08. The fourth-order valence-electron chi connectivity index (χ4n) is 5.44. The number of carbonyl (C=O) groups is 2. The highest BCUT2D eigenvalue weighted by atomic mass is 16.5. The molecule has 2 aromatic heterocycles. The maximum atomic E-state index is 13.0. The molecule has 0 aliphatic rings. The van der Waals surface area contributed by atoms with Crippen molar-refractivity contribution in [3.8, 4) is 34.0 Å². The van der Waals surface area contributed by atoms with Gasteiger partial charge < -0.3 is 19.4 Å².